The summed E-state index contributed by atoms with van der Waals surface area (Å²) in [7, 11) is -3.10. The van der Waals surface area contributed by atoms with Crippen LogP contribution < -0.4 is 16.0 Å². The minimum Gasteiger partial charge on any atom is -0.358 e. The van der Waals surface area contributed by atoms with Gasteiger partial charge in [0.2, 0.25) is 5.96 Å². The number of aromatic amines is 1. The van der Waals surface area contributed by atoms with Crippen molar-refractivity contribution in [1.82, 2.24) is 15.5 Å². The minimum absolute atomic E-state index is 0.00323. The molecule has 9 heteroatoms. The molecule has 30 heavy (non-hydrogen) atoms. The van der Waals surface area contributed by atoms with Gasteiger partial charge in [-0.2, -0.15) is 5.10 Å². The molecule has 1 aromatic heterocycles. The summed E-state index contributed by atoms with van der Waals surface area (Å²) in [5.74, 6) is 0.553. The van der Waals surface area contributed by atoms with Gasteiger partial charge in [-0.05, 0) is 55.8 Å². The molecule has 1 atom stereocenters. The number of rotatable bonds is 5. The summed E-state index contributed by atoms with van der Waals surface area (Å²) in [6.45, 7) is 3.96. The number of aromatic nitrogens is 2. The number of sulfone groups is 1. The van der Waals surface area contributed by atoms with Gasteiger partial charge in [-0.1, -0.05) is 12.1 Å². The molecule has 1 unspecified atom stereocenters. The highest BCUT2D eigenvalue weighted by Gasteiger charge is 2.23. The van der Waals surface area contributed by atoms with Crippen molar-refractivity contribution in [2.24, 2.45) is 4.99 Å². The number of anilines is 2. The van der Waals surface area contributed by atoms with Gasteiger partial charge in [0.15, 0.2) is 15.5 Å². The van der Waals surface area contributed by atoms with Crippen LogP contribution in [0.1, 0.15) is 18.2 Å². The van der Waals surface area contributed by atoms with E-state index in [9.17, 15) is 8.42 Å². The highest BCUT2D eigenvalue weighted by Crippen LogP contribution is 2.24. The molecule has 0 bridgehead atoms. The van der Waals surface area contributed by atoms with Crippen LogP contribution in [0.5, 0.6) is 0 Å². The standard InChI is InChI=1S/C21H24N6O2S/c1-14-18-8-7-17(12-19(18)27-26-14)24-21(2)9-10-22-20(25-21)23-16-6-4-5-15(11-16)13-30(3,28)29/h4-12,24H,13H2,1-3H3,(H,26,27)(H2,22,23,25). The number of hydrogen-bond acceptors (Lipinski definition) is 7. The maximum atomic E-state index is 11.6. The average molecular weight is 425 g/mol. The number of nitrogens with one attached hydrogen (secondary N) is 4. The van der Waals surface area contributed by atoms with Crippen LogP contribution in [0.25, 0.3) is 10.9 Å². The SMILES string of the molecule is Cc1[nH]nc2cc(NC3(C)C=CNC(Nc4cccc(CS(C)(=O)=O)c4)=N3)ccc12. The fourth-order valence-electron chi connectivity index (χ4n) is 3.41. The van der Waals surface area contributed by atoms with Crippen LogP contribution in [-0.2, 0) is 15.6 Å². The Morgan fingerprint density at radius 1 is 1.13 bits per heavy atom. The second kappa shape index (κ2) is 7.49. The highest BCUT2D eigenvalue weighted by atomic mass is 32.2. The maximum absolute atomic E-state index is 11.6. The zero-order chi connectivity index (χ0) is 21.4. The number of aryl methyl sites for hydroxylation is 1. The summed E-state index contributed by atoms with van der Waals surface area (Å²) in [6.07, 6.45) is 4.97. The Morgan fingerprint density at radius 3 is 2.77 bits per heavy atom. The molecule has 2 aromatic carbocycles. The van der Waals surface area contributed by atoms with E-state index in [1.165, 1.54) is 6.26 Å². The number of benzene rings is 2. The summed E-state index contributed by atoms with van der Waals surface area (Å²) in [5, 5.41) is 18.1. The summed E-state index contributed by atoms with van der Waals surface area (Å²) in [5.41, 5.74) is 3.64. The molecule has 4 rings (SSSR count). The fourth-order valence-corrected chi connectivity index (χ4v) is 4.20. The van der Waals surface area contributed by atoms with E-state index < -0.39 is 15.5 Å². The zero-order valence-electron chi connectivity index (χ0n) is 17.0. The largest absolute Gasteiger partial charge is 0.358 e. The third-order valence-corrected chi connectivity index (χ3v) is 5.59. The molecule has 0 fully saturated rings. The predicted octanol–water partition coefficient (Wildman–Crippen LogP) is 3.13. The third kappa shape index (κ3) is 4.62. The number of fused-ring (bicyclic) bond motifs is 1. The van der Waals surface area contributed by atoms with Crippen molar-refractivity contribution in [3.63, 3.8) is 0 Å². The fraction of sp³-hybridized carbons (Fsp3) is 0.238. The molecule has 0 aliphatic carbocycles. The van der Waals surface area contributed by atoms with Crippen LogP contribution in [0.15, 0.2) is 59.7 Å². The number of aliphatic imine (C=N–C) groups is 1. The van der Waals surface area contributed by atoms with Gasteiger partial charge in [-0.15, -0.1) is 0 Å². The quantitative estimate of drug-likeness (QED) is 0.501. The van der Waals surface area contributed by atoms with Gasteiger partial charge >= 0.3 is 0 Å². The Bertz CT molecular complexity index is 1260. The lowest BCUT2D eigenvalue weighted by molar-refractivity contribution is 0.601. The molecular weight excluding hydrogens is 400 g/mol. The van der Waals surface area contributed by atoms with E-state index >= 15 is 0 Å². The van der Waals surface area contributed by atoms with Crippen molar-refractivity contribution in [2.75, 3.05) is 16.9 Å². The van der Waals surface area contributed by atoms with Gasteiger partial charge in [-0.3, -0.25) is 5.10 Å². The van der Waals surface area contributed by atoms with Crippen molar-refractivity contribution in [1.29, 1.82) is 0 Å². The second-order valence-electron chi connectivity index (χ2n) is 7.69. The van der Waals surface area contributed by atoms with Gasteiger partial charge < -0.3 is 16.0 Å². The van der Waals surface area contributed by atoms with Gasteiger partial charge in [0.1, 0.15) is 0 Å². The van der Waals surface area contributed by atoms with Crippen LogP contribution in [0.2, 0.25) is 0 Å². The van der Waals surface area contributed by atoms with Crippen molar-refractivity contribution in [3.05, 3.63) is 66.0 Å². The number of nitrogens with zero attached hydrogens (tertiary/aromatic N) is 2. The Hall–Kier alpha value is -3.33. The first-order valence-corrected chi connectivity index (χ1v) is 11.6. The summed E-state index contributed by atoms with van der Waals surface area (Å²) < 4.78 is 23.1. The topological polar surface area (TPSA) is 111 Å². The molecule has 0 saturated heterocycles. The molecule has 4 N–H and O–H groups in total. The van der Waals surface area contributed by atoms with Crippen molar-refractivity contribution < 1.29 is 8.42 Å². The zero-order valence-corrected chi connectivity index (χ0v) is 17.8. The Labute approximate surface area is 175 Å². The van der Waals surface area contributed by atoms with E-state index in [0.29, 0.717) is 5.96 Å². The van der Waals surface area contributed by atoms with Gasteiger partial charge in [0.25, 0.3) is 0 Å². The predicted molar refractivity (Wildman–Crippen MR) is 121 cm³/mol. The molecule has 8 nitrogen and oxygen atoms in total. The van der Waals surface area contributed by atoms with Crippen molar-refractivity contribution in [3.8, 4) is 0 Å². The Morgan fingerprint density at radius 2 is 1.97 bits per heavy atom. The first-order valence-electron chi connectivity index (χ1n) is 9.50. The van der Waals surface area contributed by atoms with Crippen LogP contribution in [0, 0.1) is 6.92 Å². The highest BCUT2D eigenvalue weighted by molar-refractivity contribution is 7.89. The van der Waals surface area contributed by atoms with E-state index in [-0.39, 0.29) is 5.75 Å². The summed E-state index contributed by atoms with van der Waals surface area (Å²) >= 11 is 0. The normalized spacial score (nSPS) is 18.7. The molecule has 0 saturated carbocycles. The third-order valence-electron chi connectivity index (χ3n) is 4.73. The van der Waals surface area contributed by atoms with Gasteiger partial charge in [-0.25, -0.2) is 13.4 Å². The Balaban J connectivity index is 1.52. The van der Waals surface area contributed by atoms with Crippen LogP contribution in [-0.4, -0.2) is 36.5 Å². The first-order chi connectivity index (χ1) is 14.2. The molecule has 0 spiro atoms. The minimum atomic E-state index is -3.10. The van der Waals surface area contributed by atoms with E-state index in [4.69, 9.17) is 4.99 Å². The number of hydrogen-bond donors (Lipinski definition) is 4. The van der Waals surface area contributed by atoms with E-state index in [2.05, 4.69) is 26.1 Å². The monoisotopic (exact) mass is 424 g/mol. The number of guanidine groups is 1. The van der Waals surface area contributed by atoms with Crippen LogP contribution in [0.3, 0.4) is 0 Å². The molecule has 0 amide bonds. The molecule has 0 radical (unpaired) electrons. The average Bonchev–Trinajstić information content (AvgIpc) is 3.00. The maximum Gasteiger partial charge on any atom is 0.202 e. The van der Waals surface area contributed by atoms with Crippen LogP contribution in [0.4, 0.5) is 11.4 Å². The second-order valence-corrected chi connectivity index (χ2v) is 9.83. The molecule has 3 aromatic rings. The molecule has 2 heterocycles. The smallest absolute Gasteiger partial charge is 0.202 e. The molecular formula is C21H24N6O2S. The van der Waals surface area contributed by atoms with Gasteiger partial charge in [0.05, 0.1) is 11.3 Å². The van der Waals surface area contributed by atoms with Crippen molar-refractivity contribution >= 4 is 38.1 Å². The van der Waals surface area contributed by atoms with Crippen molar-refractivity contribution in [2.45, 2.75) is 25.3 Å². The number of H-pyrrole nitrogens is 1. The van der Waals surface area contributed by atoms with E-state index in [0.717, 1.165) is 33.5 Å². The lowest BCUT2D eigenvalue weighted by Gasteiger charge is -2.29. The molecule has 1 aliphatic rings. The van der Waals surface area contributed by atoms with Gasteiger partial charge in [0, 0.05) is 34.9 Å². The summed E-state index contributed by atoms with van der Waals surface area (Å²) in [4.78, 5) is 4.74. The lowest BCUT2D eigenvalue weighted by atomic mass is 10.1. The summed E-state index contributed by atoms with van der Waals surface area (Å²) in [6, 6.07) is 13.3. The first kappa shape index (κ1) is 20.0. The lowest BCUT2D eigenvalue weighted by Crippen LogP contribution is -2.40. The molecule has 1 aliphatic heterocycles. The Kier molecular flexibility index (Phi) is 4.98. The molecule has 156 valence electrons. The van der Waals surface area contributed by atoms with Crippen LogP contribution >= 0.6 is 0 Å². The van der Waals surface area contributed by atoms with E-state index in [1.807, 2.05) is 62.5 Å². The van der Waals surface area contributed by atoms with E-state index in [1.54, 1.807) is 6.07 Å².